The Hall–Kier alpha value is -2.08. The van der Waals surface area contributed by atoms with E-state index in [2.05, 4.69) is 0 Å². The monoisotopic (exact) mass is 251 g/mol. The van der Waals surface area contributed by atoms with Gasteiger partial charge in [-0.05, 0) is 12.5 Å². The Morgan fingerprint density at radius 3 is 2.44 bits per heavy atom. The van der Waals surface area contributed by atoms with Gasteiger partial charge in [0.15, 0.2) is 11.9 Å². The van der Waals surface area contributed by atoms with Crippen LogP contribution in [0.15, 0.2) is 41.8 Å². The van der Waals surface area contributed by atoms with E-state index in [0.29, 0.717) is 13.0 Å². The summed E-state index contributed by atoms with van der Waals surface area (Å²) in [5.41, 5.74) is 11.4. The van der Waals surface area contributed by atoms with Crippen molar-refractivity contribution in [1.29, 1.82) is 0 Å². The lowest BCUT2D eigenvalue weighted by Crippen LogP contribution is -2.30. The zero-order chi connectivity index (χ0) is 13.5. The molecule has 0 spiro atoms. The van der Waals surface area contributed by atoms with Crippen LogP contribution in [0, 0.1) is 10.1 Å². The number of ether oxygens (including phenoxy) is 1. The summed E-state index contributed by atoms with van der Waals surface area (Å²) in [6.07, 6.45) is -0.375. The topological polar surface area (TPSA) is 104 Å². The lowest BCUT2D eigenvalue weighted by Gasteiger charge is -2.15. The van der Waals surface area contributed by atoms with Crippen LogP contribution in [-0.2, 0) is 11.2 Å². The maximum atomic E-state index is 11.0. The Morgan fingerprint density at radius 2 is 2.00 bits per heavy atom. The average molecular weight is 251 g/mol. The molecular weight excluding hydrogens is 234 g/mol. The van der Waals surface area contributed by atoms with Crippen LogP contribution in [0.5, 0.6) is 0 Å². The maximum Gasteiger partial charge on any atom is 0.314 e. The molecule has 98 valence electrons. The highest BCUT2D eigenvalue weighted by Gasteiger charge is 2.28. The summed E-state index contributed by atoms with van der Waals surface area (Å²) < 4.78 is 5.37. The van der Waals surface area contributed by atoms with E-state index in [1.165, 1.54) is 0 Å². The molecule has 0 aromatic heterocycles. The van der Waals surface area contributed by atoms with Gasteiger partial charge in [0, 0.05) is 13.0 Å². The smallest absolute Gasteiger partial charge is 0.314 e. The van der Waals surface area contributed by atoms with Gasteiger partial charge >= 0.3 is 5.70 Å². The van der Waals surface area contributed by atoms with Crippen LogP contribution < -0.4 is 11.5 Å². The fourth-order valence-electron chi connectivity index (χ4n) is 1.67. The standard InChI is InChI=1S/C12H17N3O3/c1-2-18-10(11(12(13)14)15(16)17)8-9-6-4-3-5-7-9/h3-7,10H,2,8,13-14H2,1H3. The highest BCUT2D eigenvalue weighted by atomic mass is 16.6. The predicted molar refractivity (Wildman–Crippen MR) is 68.0 cm³/mol. The van der Waals surface area contributed by atoms with Crippen LogP contribution in [0.4, 0.5) is 0 Å². The molecule has 1 unspecified atom stereocenters. The largest absolute Gasteiger partial charge is 0.380 e. The highest BCUT2D eigenvalue weighted by molar-refractivity contribution is 5.18. The summed E-state index contributed by atoms with van der Waals surface area (Å²) in [4.78, 5) is 10.4. The Balaban J connectivity index is 2.96. The van der Waals surface area contributed by atoms with Crippen molar-refractivity contribution >= 4 is 0 Å². The fourth-order valence-corrected chi connectivity index (χ4v) is 1.67. The second-order valence-corrected chi connectivity index (χ2v) is 3.73. The summed E-state index contributed by atoms with van der Waals surface area (Å²) in [7, 11) is 0. The third kappa shape index (κ3) is 3.74. The van der Waals surface area contributed by atoms with Crippen LogP contribution in [0.2, 0.25) is 0 Å². The quantitative estimate of drug-likeness (QED) is 0.579. The molecule has 0 bridgehead atoms. The van der Waals surface area contributed by atoms with Crippen molar-refractivity contribution in [3.05, 3.63) is 57.5 Å². The molecule has 0 saturated carbocycles. The molecule has 0 aliphatic rings. The lowest BCUT2D eigenvalue weighted by atomic mass is 10.1. The van der Waals surface area contributed by atoms with Gasteiger partial charge in [-0.2, -0.15) is 0 Å². The van der Waals surface area contributed by atoms with Crippen LogP contribution in [0.3, 0.4) is 0 Å². The van der Waals surface area contributed by atoms with Crippen LogP contribution in [-0.4, -0.2) is 17.6 Å². The first-order chi connectivity index (χ1) is 8.56. The molecule has 0 aliphatic carbocycles. The molecule has 0 saturated heterocycles. The zero-order valence-corrected chi connectivity index (χ0v) is 10.2. The van der Waals surface area contributed by atoms with E-state index in [-0.39, 0.29) is 11.5 Å². The highest BCUT2D eigenvalue weighted by Crippen LogP contribution is 2.15. The molecule has 1 aromatic rings. The van der Waals surface area contributed by atoms with Crippen molar-refractivity contribution in [3.8, 4) is 0 Å². The molecular formula is C12H17N3O3. The first-order valence-electron chi connectivity index (χ1n) is 5.61. The van der Waals surface area contributed by atoms with Crippen molar-refractivity contribution in [3.63, 3.8) is 0 Å². The van der Waals surface area contributed by atoms with Gasteiger partial charge in [-0.25, -0.2) is 0 Å². The lowest BCUT2D eigenvalue weighted by molar-refractivity contribution is -0.438. The second-order valence-electron chi connectivity index (χ2n) is 3.73. The Kier molecular flexibility index (Phi) is 5.13. The Morgan fingerprint density at radius 1 is 1.39 bits per heavy atom. The normalized spacial score (nSPS) is 11.8. The van der Waals surface area contributed by atoms with Gasteiger partial charge in [0.2, 0.25) is 0 Å². The number of rotatable bonds is 6. The van der Waals surface area contributed by atoms with Crippen molar-refractivity contribution in [2.45, 2.75) is 19.4 Å². The van der Waals surface area contributed by atoms with Gasteiger partial charge in [0.25, 0.3) is 0 Å². The van der Waals surface area contributed by atoms with Crippen LogP contribution >= 0.6 is 0 Å². The predicted octanol–water partition coefficient (Wildman–Crippen LogP) is 0.997. The van der Waals surface area contributed by atoms with Gasteiger partial charge < -0.3 is 16.2 Å². The molecule has 1 atom stereocenters. The number of hydrogen-bond donors (Lipinski definition) is 2. The Labute approximate surface area is 105 Å². The van der Waals surface area contributed by atoms with E-state index in [0.717, 1.165) is 5.56 Å². The van der Waals surface area contributed by atoms with Crippen LogP contribution in [0.25, 0.3) is 0 Å². The minimum Gasteiger partial charge on any atom is -0.380 e. The number of nitrogens with zero attached hydrogens (tertiary/aromatic N) is 1. The minimum atomic E-state index is -0.739. The molecule has 0 aliphatic heterocycles. The molecule has 4 N–H and O–H groups in total. The maximum absolute atomic E-state index is 11.0. The van der Waals surface area contributed by atoms with E-state index in [1.807, 2.05) is 30.3 Å². The summed E-state index contributed by atoms with van der Waals surface area (Å²) in [5, 5.41) is 11.0. The van der Waals surface area contributed by atoms with Crippen molar-refractivity contribution in [2.75, 3.05) is 6.61 Å². The number of nitro groups is 1. The van der Waals surface area contributed by atoms with E-state index in [4.69, 9.17) is 16.2 Å². The van der Waals surface area contributed by atoms with Gasteiger partial charge in [-0.1, -0.05) is 30.3 Å². The number of benzene rings is 1. The number of hydrogen-bond acceptors (Lipinski definition) is 5. The first-order valence-corrected chi connectivity index (χ1v) is 5.61. The minimum absolute atomic E-state index is 0.277. The molecule has 0 heterocycles. The van der Waals surface area contributed by atoms with E-state index in [9.17, 15) is 10.1 Å². The molecule has 6 nitrogen and oxygen atoms in total. The van der Waals surface area contributed by atoms with Crippen molar-refractivity contribution in [2.24, 2.45) is 11.5 Å². The van der Waals surface area contributed by atoms with E-state index < -0.39 is 11.0 Å². The molecule has 1 rings (SSSR count). The third-order valence-corrected chi connectivity index (χ3v) is 2.43. The summed E-state index contributed by atoms with van der Waals surface area (Å²) in [6.45, 7) is 2.12. The van der Waals surface area contributed by atoms with Gasteiger partial charge in [0.1, 0.15) is 0 Å². The molecule has 0 amide bonds. The van der Waals surface area contributed by atoms with E-state index >= 15 is 0 Å². The fraction of sp³-hybridized carbons (Fsp3) is 0.333. The molecule has 1 aromatic carbocycles. The summed E-state index contributed by atoms with van der Waals surface area (Å²) in [5.74, 6) is -0.311. The van der Waals surface area contributed by atoms with Crippen molar-refractivity contribution < 1.29 is 9.66 Å². The molecule has 18 heavy (non-hydrogen) atoms. The molecule has 0 fully saturated rings. The molecule has 0 radical (unpaired) electrons. The molecule has 6 heteroatoms. The third-order valence-electron chi connectivity index (χ3n) is 2.43. The first kappa shape index (κ1) is 14.0. The second kappa shape index (κ2) is 6.61. The summed E-state index contributed by atoms with van der Waals surface area (Å²) >= 11 is 0. The average Bonchev–Trinajstić information content (AvgIpc) is 2.29. The van der Waals surface area contributed by atoms with E-state index in [1.54, 1.807) is 6.92 Å². The van der Waals surface area contributed by atoms with Crippen LogP contribution in [0.1, 0.15) is 12.5 Å². The zero-order valence-electron chi connectivity index (χ0n) is 10.2. The van der Waals surface area contributed by atoms with Gasteiger partial charge in [-0.15, -0.1) is 0 Å². The van der Waals surface area contributed by atoms with Crippen molar-refractivity contribution in [1.82, 2.24) is 0 Å². The van der Waals surface area contributed by atoms with Gasteiger partial charge in [0.05, 0.1) is 4.92 Å². The summed E-state index contributed by atoms with van der Waals surface area (Å²) in [6, 6.07) is 9.34. The van der Waals surface area contributed by atoms with Gasteiger partial charge in [-0.3, -0.25) is 10.1 Å². The Bertz CT molecular complexity index is 427. The SMILES string of the molecule is CCOC(Cc1ccccc1)C(=C(N)N)[N+](=O)[O-]. The number of nitrogens with two attached hydrogens (primary N) is 2.